The van der Waals surface area contributed by atoms with Gasteiger partial charge in [0, 0.05) is 5.56 Å². The first-order valence-corrected chi connectivity index (χ1v) is 4.13. The van der Waals surface area contributed by atoms with E-state index >= 15 is 0 Å². The van der Waals surface area contributed by atoms with Gasteiger partial charge >= 0.3 is 0 Å². The van der Waals surface area contributed by atoms with E-state index in [0.717, 1.165) is 0 Å². The highest BCUT2D eigenvalue weighted by Gasteiger charge is 2.16. The maximum atomic E-state index is 13.0. The van der Waals surface area contributed by atoms with E-state index in [1.807, 2.05) is 0 Å². The zero-order valence-corrected chi connectivity index (χ0v) is 7.42. The average molecular weight is 189 g/mol. The molecule has 1 aromatic rings. The van der Waals surface area contributed by atoms with E-state index in [9.17, 15) is 4.39 Å². The number of hydrogen-bond acceptors (Lipinski definition) is 1. The maximum absolute atomic E-state index is 13.0. The summed E-state index contributed by atoms with van der Waals surface area (Å²) in [5.41, 5.74) is 0.342. The molecule has 0 radical (unpaired) electrons. The van der Waals surface area contributed by atoms with Gasteiger partial charge in [-0.25, -0.2) is 4.39 Å². The van der Waals surface area contributed by atoms with Gasteiger partial charge in [-0.3, -0.25) is 0 Å². The maximum Gasteiger partial charge on any atom is 0.127 e. The highest BCUT2D eigenvalue weighted by Crippen LogP contribution is 2.25. The van der Waals surface area contributed by atoms with Crippen molar-refractivity contribution >= 4 is 11.6 Å². The Kier molecular flexibility index (Phi) is 3.06. The molecular weight excluding hydrogens is 179 g/mol. The highest BCUT2D eigenvalue weighted by molar-refractivity contribution is 6.21. The van der Waals surface area contributed by atoms with E-state index in [1.165, 1.54) is 13.0 Å². The Morgan fingerprint density at radius 3 is 2.50 bits per heavy atom. The molecule has 1 nitrogen and oxygen atoms in total. The fourth-order valence-electron chi connectivity index (χ4n) is 0.959. The monoisotopic (exact) mass is 188 g/mol. The molecule has 1 rings (SSSR count). The Hall–Kier alpha value is -0.600. The normalized spacial score (nSPS) is 15.7. The second-order valence-electron chi connectivity index (χ2n) is 2.66. The van der Waals surface area contributed by atoms with Gasteiger partial charge in [0.1, 0.15) is 5.82 Å². The van der Waals surface area contributed by atoms with Crippen LogP contribution in [0.15, 0.2) is 24.3 Å². The van der Waals surface area contributed by atoms with Crippen LogP contribution in [-0.2, 0) is 0 Å². The zero-order valence-electron chi connectivity index (χ0n) is 6.67. The molecule has 0 aromatic heterocycles. The summed E-state index contributed by atoms with van der Waals surface area (Å²) in [6.07, 6.45) is -0.747. The van der Waals surface area contributed by atoms with Gasteiger partial charge in [0.05, 0.1) is 11.5 Å². The predicted molar refractivity (Wildman–Crippen MR) is 46.7 cm³/mol. The quantitative estimate of drug-likeness (QED) is 0.707. The van der Waals surface area contributed by atoms with E-state index in [4.69, 9.17) is 16.7 Å². The number of benzene rings is 1. The fourth-order valence-corrected chi connectivity index (χ4v) is 1.14. The van der Waals surface area contributed by atoms with Gasteiger partial charge < -0.3 is 5.11 Å². The molecule has 0 aliphatic heterocycles. The van der Waals surface area contributed by atoms with Crippen LogP contribution < -0.4 is 0 Å². The molecule has 1 N–H and O–H groups in total. The van der Waals surface area contributed by atoms with Crippen molar-refractivity contribution in [1.29, 1.82) is 0 Å². The third kappa shape index (κ3) is 1.96. The fraction of sp³-hybridized carbons (Fsp3) is 0.333. The molecule has 0 bridgehead atoms. The number of hydrogen-bond donors (Lipinski definition) is 1. The molecule has 0 aliphatic carbocycles. The SMILES string of the molecule is CC(O)C(Cl)c1ccccc1F. The van der Waals surface area contributed by atoms with Crippen LogP contribution in [0.25, 0.3) is 0 Å². The van der Waals surface area contributed by atoms with Crippen molar-refractivity contribution < 1.29 is 9.50 Å². The van der Waals surface area contributed by atoms with Crippen LogP contribution in [0, 0.1) is 5.82 Å². The Bertz CT molecular complexity index is 262. The molecule has 3 heteroatoms. The standard InChI is InChI=1S/C9H10ClFO/c1-6(12)9(10)7-4-2-3-5-8(7)11/h2-6,9,12H,1H3. The molecule has 0 fully saturated rings. The third-order valence-electron chi connectivity index (χ3n) is 1.63. The summed E-state index contributed by atoms with van der Waals surface area (Å²) in [5.74, 6) is -0.376. The van der Waals surface area contributed by atoms with E-state index < -0.39 is 11.5 Å². The summed E-state index contributed by atoms with van der Waals surface area (Å²) >= 11 is 5.76. The minimum atomic E-state index is -0.747. The van der Waals surface area contributed by atoms with Gasteiger partial charge in [0.15, 0.2) is 0 Å². The minimum Gasteiger partial charge on any atom is -0.392 e. The van der Waals surface area contributed by atoms with E-state index in [-0.39, 0.29) is 5.82 Å². The molecule has 12 heavy (non-hydrogen) atoms. The van der Waals surface area contributed by atoms with Crippen molar-refractivity contribution in [2.24, 2.45) is 0 Å². The third-order valence-corrected chi connectivity index (χ3v) is 2.23. The molecule has 0 saturated heterocycles. The van der Waals surface area contributed by atoms with Gasteiger partial charge in [-0.2, -0.15) is 0 Å². The van der Waals surface area contributed by atoms with Gasteiger partial charge in [0.2, 0.25) is 0 Å². The highest BCUT2D eigenvalue weighted by atomic mass is 35.5. The van der Waals surface area contributed by atoms with E-state index in [2.05, 4.69) is 0 Å². The average Bonchev–Trinajstić information content (AvgIpc) is 2.04. The van der Waals surface area contributed by atoms with Crippen LogP contribution in [0.3, 0.4) is 0 Å². The van der Waals surface area contributed by atoms with Crippen LogP contribution in [0.1, 0.15) is 17.9 Å². The minimum absolute atomic E-state index is 0.342. The first-order valence-electron chi connectivity index (χ1n) is 3.69. The van der Waals surface area contributed by atoms with Crippen molar-refractivity contribution in [3.63, 3.8) is 0 Å². The molecule has 0 aliphatic rings. The summed E-state index contributed by atoms with van der Waals surface area (Å²) in [4.78, 5) is 0. The second-order valence-corrected chi connectivity index (χ2v) is 3.13. The predicted octanol–water partition coefficient (Wildman–Crippen LogP) is 2.49. The van der Waals surface area contributed by atoms with Gasteiger partial charge in [0.25, 0.3) is 0 Å². The van der Waals surface area contributed by atoms with Crippen molar-refractivity contribution in [2.45, 2.75) is 18.4 Å². The Morgan fingerprint density at radius 2 is 2.00 bits per heavy atom. The smallest absolute Gasteiger partial charge is 0.127 e. The van der Waals surface area contributed by atoms with Crippen LogP contribution in [0.5, 0.6) is 0 Å². The van der Waals surface area contributed by atoms with Gasteiger partial charge in [-0.05, 0) is 13.0 Å². The molecule has 0 spiro atoms. The molecule has 0 saturated carbocycles. The Morgan fingerprint density at radius 1 is 1.42 bits per heavy atom. The first kappa shape index (κ1) is 9.49. The summed E-state index contributed by atoms with van der Waals surface area (Å²) in [6.45, 7) is 1.53. The molecular formula is C9H10ClFO. The topological polar surface area (TPSA) is 20.2 Å². The van der Waals surface area contributed by atoms with Crippen molar-refractivity contribution in [1.82, 2.24) is 0 Å². The lowest BCUT2D eigenvalue weighted by Crippen LogP contribution is -2.10. The molecule has 2 atom stereocenters. The second kappa shape index (κ2) is 3.87. The number of halogens is 2. The largest absolute Gasteiger partial charge is 0.392 e. The van der Waals surface area contributed by atoms with Crippen LogP contribution in [0.4, 0.5) is 4.39 Å². The summed E-state index contributed by atoms with van der Waals surface area (Å²) in [6, 6.07) is 6.17. The molecule has 0 heterocycles. The lowest BCUT2D eigenvalue weighted by Gasteiger charge is -2.12. The Balaban J connectivity index is 2.94. The van der Waals surface area contributed by atoms with Crippen LogP contribution in [0.2, 0.25) is 0 Å². The Labute approximate surface area is 75.8 Å². The summed E-state index contributed by atoms with van der Waals surface area (Å²) in [5, 5.41) is 8.43. The number of alkyl halides is 1. The number of rotatable bonds is 2. The molecule has 2 unspecified atom stereocenters. The van der Waals surface area contributed by atoms with Crippen molar-refractivity contribution in [2.75, 3.05) is 0 Å². The van der Waals surface area contributed by atoms with E-state index in [0.29, 0.717) is 5.56 Å². The van der Waals surface area contributed by atoms with Crippen LogP contribution in [-0.4, -0.2) is 11.2 Å². The van der Waals surface area contributed by atoms with Gasteiger partial charge in [-0.15, -0.1) is 11.6 Å². The van der Waals surface area contributed by atoms with E-state index in [1.54, 1.807) is 18.2 Å². The van der Waals surface area contributed by atoms with Crippen molar-refractivity contribution in [3.8, 4) is 0 Å². The number of aliphatic hydroxyl groups is 1. The van der Waals surface area contributed by atoms with Crippen molar-refractivity contribution in [3.05, 3.63) is 35.6 Å². The summed E-state index contributed by atoms with van der Waals surface area (Å²) < 4.78 is 13.0. The summed E-state index contributed by atoms with van der Waals surface area (Å²) in [7, 11) is 0. The molecule has 66 valence electrons. The molecule has 1 aromatic carbocycles. The molecule has 0 amide bonds. The van der Waals surface area contributed by atoms with Crippen LogP contribution >= 0.6 is 11.6 Å². The lowest BCUT2D eigenvalue weighted by atomic mass is 10.1. The zero-order chi connectivity index (χ0) is 9.14. The number of aliphatic hydroxyl groups excluding tert-OH is 1. The first-order chi connectivity index (χ1) is 5.63. The lowest BCUT2D eigenvalue weighted by molar-refractivity contribution is 0.188. The van der Waals surface area contributed by atoms with Gasteiger partial charge in [-0.1, -0.05) is 18.2 Å².